The lowest BCUT2D eigenvalue weighted by molar-refractivity contribution is 0.145. The molecule has 3 nitrogen and oxygen atoms in total. The molecule has 84 valence electrons. The quantitative estimate of drug-likeness (QED) is 0.763. The molecule has 0 saturated heterocycles. The first-order chi connectivity index (χ1) is 7.13. The van der Waals surface area contributed by atoms with Gasteiger partial charge in [-0.2, -0.15) is 0 Å². The third kappa shape index (κ3) is 2.06. The summed E-state index contributed by atoms with van der Waals surface area (Å²) >= 11 is 0. The zero-order valence-electron chi connectivity index (χ0n) is 10.0. The number of aromatic nitrogens is 3. The van der Waals surface area contributed by atoms with E-state index in [0.717, 1.165) is 18.9 Å². The standard InChI is InChI=1S/C12H21N3/c1-4-7-12(2,3)10-5-6-11-14-13-9-15(11)8-10/h9-10H,4-8H2,1-3H3. The molecule has 0 N–H and O–H groups in total. The van der Waals surface area contributed by atoms with Crippen molar-refractivity contribution in [3.63, 3.8) is 0 Å². The van der Waals surface area contributed by atoms with E-state index in [2.05, 4.69) is 35.5 Å². The predicted octanol–water partition coefficient (Wildman–Crippen LogP) is 2.67. The molecule has 0 spiro atoms. The maximum Gasteiger partial charge on any atom is 0.132 e. The largest absolute Gasteiger partial charge is 0.317 e. The SMILES string of the molecule is CCCC(C)(C)C1CCc2nncn2C1. The second kappa shape index (κ2) is 3.95. The van der Waals surface area contributed by atoms with Gasteiger partial charge in [-0.15, -0.1) is 10.2 Å². The van der Waals surface area contributed by atoms with Crippen LogP contribution in [0.5, 0.6) is 0 Å². The van der Waals surface area contributed by atoms with E-state index in [-0.39, 0.29) is 0 Å². The van der Waals surface area contributed by atoms with Crippen molar-refractivity contribution in [3.8, 4) is 0 Å². The first kappa shape index (κ1) is 10.7. The summed E-state index contributed by atoms with van der Waals surface area (Å²) in [5, 5.41) is 8.11. The number of hydrogen-bond donors (Lipinski definition) is 0. The Balaban J connectivity index is 2.09. The average Bonchev–Trinajstić information content (AvgIpc) is 2.63. The van der Waals surface area contributed by atoms with E-state index in [9.17, 15) is 0 Å². The summed E-state index contributed by atoms with van der Waals surface area (Å²) in [4.78, 5) is 0. The normalized spacial score (nSPS) is 21.4. The number of hydrogen-bond acceptors (Lipinski definition) is 2. The van der Waals surface area contributed by atoms with E-state index in [1.165, 1.54) is 25.1 Å². The van der Waals surface area contributed by atoms with Gasteiger partial charge < -0.3 is 4.57 Å². The molecule has 0 aliphatic carbocycles. The zero-order chi connectivity index (χ0) is 10.9. The minimum Gasteiger partial charge on any atom is -0.317 e. The Hall–Kier alpha value is -0.860. The van der Waals surface area contributed by atoms with Crippen LogP contribution in [0.4, 0.5) is 0 Å². The van der Waals surface area contributed by atoms with Gasteiger partial charge in [-0.1, -0.05) is 27.2 Å². The Morgan fingerprint density at radius 2 is 2.33 bits per heavy atom. The van der Waals surface area contributed by atoms with Crippen molar-refractivity contribution in [1.29, 1.82) is 0 Å². The van der Waals surface area contributed by atoms with Crippen LogP contribution in [0.25, 0.3) is 0 Å². The Labute approximate surface area is 91.9 Å². The van der Waals surface area contributed by atoms with Gasteiger partial charge in [-0.05, 0) is 24.2 Å². The summed E-state index contributed by atoms with van der Waals surface area (Å²) in [6, 6.07) is 0. The lowest BCUT2D eigenvalue weighted by atomic mass is 9.72. The maximum absolute atomic E-state index is 4.13. The Morgan fingerprint density at radius 3 is 3.07 bits per heavy atom. The molecule has 0 saturated carbocycles. The summed E-state index contributed by atoms with van der Waals surface area (Å²) in [6.45, 7) is 8.18. The molecule has 2 rings (SSSR count). The fourth-order valence-electron chi connectivity index (χ4n) is 2.74. The minimum absolute atomic E-state index is 0.455. The van der Waals surface area contributed by atoms with Gasteiger partial charge in [0, 0.05) is 13.0 Å². The molecule has 0 radical (unpaired) electrons. The van der Waals surface area contributed by atoms with Crippen LogP contribution in [-0.2, 0) is 13.0 Å². The van der Waals surface area contributed by atoms with Crippen LogP contribution < -0.4 is 0 Å². The van der Waals surface area contributed by atoms with Gasteiger partial charge in [0.2, 0.25) is 0 Å². The molecule has 0 bridgehead atoms. The molecule has 0 amide bonds. The van der Waals surface area contributed by atoms with Crippen LogP contribution >= 0.6 is 0 Å². The van der Waals surface area contributed by atoms with Crippen LogP contribution in [0.1, 0.15) is 45.9 Å². The fourth-order valence-corrected chi connectivity index (χ4v) is 2.74. The highest BCUT2D eigenvalue weighted by Gasteiger charge is 2.31. The molecule has 1 atom stereocenters. The lowest BCUT2D eigenvalue weighted by Gasteiger charge is -2.37. The van der Waals surface area contributed by atoms with Gasteiger partial charge in [0.15, 0.2) is 0 Å². The van der Waals surface area contributed by atoms with E-state index in [1.807, 2.05) is 6.33 Å². The van der Waals surface area contributed by atoms with Crippen LogP contribution in [0.2, 0.25) is 0 Å². The van der Waals surface area contributed by atoms with Crippen molar-refractivity contribution in [1.82, 2.24) is 14.8 Å². The van der Waals surface area contributed by atoms with Crippen molar-refractivity contribution >= 4 is 0 Å². The maximum atomic E-state index is 4.13. The second-order valence-electron chi connectivity index (χ2n) is 5.37. The summed E-state index contributed by atoms with van der Waals surface area (Å²) in [5.74, 6) is 1.94. The fraction of sp³-hybridized carbons (Fsp3) is 0.833. The first-order valence-corrected chi connectivity index (χ1v) is 6.00. The summed E-state index contributed by atoms with van der Waals surface area (Å²) in [6.07, 6.45) is 6.83. The van der Waals surface area contributed by atoms with Gasteiger partial charge >= 0.3 is 0 Å². The second-order valence-corrected chi connectivity index (χ2v) is 5.37. The third-order valence-electron chi connectivity index (χ3n) is 3.83. The summed E-state index contributed by atoms with van der Waals surface area (Å²) < 4.78 is 2.23. The molecule has 0 fully saturated rings. The number of rotatable bonds is 3. The smallest absolute Gasteiger partial charge is 0.132 e. The van der Waals surface area contributed by atoms with Crippen LogP contribution in [0.15, 0.2) is 6.33 Å². The van der Waals surface area contributed by atoms with Gasteiger partial charge in [0.25, 0.3) is 0 Å². The van der Waals surface area contributed by atoms with E-state index in [1.54, 1.807) is 0 Å². The highest BCUT2D eigenvalue weighted by molar-refractivity contribution is 4.94. The van der Waals surface area contributed by atoms with Crippen molar-refractivity contribution in [3.05, 3.63) is 12.2 Å². The molecule has 0 aromatic carbocycles. The Bertz CT molecular complexity index is 327. The highest BCUT2D eigenvalue weighted by atomic mass is 15.3. The number of nitrogens with zero attached hydrogens (tertiary/aromatic N) is 3. The van der Waals surface area contributed by atoms with Crippen molar-refractivity contribution in [2.24, 2.45) is 11.3 Å². The topological polar surface area (TPSA) is 30.7 Å². The van der Waals surface area contributed by atoms with Crippen LogP contribution in [0, 0.1) is 11.3 Å². The lowest BCUT2D eigenvalue weighted by Crippen LogP contribution is -2.32. The van der Waals surface area contributed by atoms with E-state index in [0.29, 0.717) is 5.41 Å². The number of fused-ring (bicyclic) bond motifs is 1. The van der Waals surface area contributed by atoms with E-state index in [4.69, 9.17) is 0 Å². The molecule has 2 heterocycles. The van der Waals surface area contributed by atoms with Gasteiger partial charge in [0.1, 0.15) is 12.2 Å². The minimum atomic E-state index is 0.455. The molecule has 1 aromatic rings. The van der Waals surface area contributed by atoms with Crippen molar-refractivity contribution in [2.75, 3.05) is 0 Å². The van der Waals surface area contributed by atoms with Gasteiger partial charge in [-0.25, -0.2) is 0 Å². The highest BCUT2D eigenvalue weighted by Crippen LogP contribution is 2.38. The van der Waals surface area contributed by atoms with E-state index < -0.39 is 0 Å². The Kier molecular flexibility index (Phi) is 2.81. The molecule has 1 aliphatic rings. The molecule has 1 unspecified atom stereocenters. The summed E-state index contributed by atoms with van der Waals surface area (Å²) in [7, 11) is 0. The average molecular weight is 207 g/mol. The monoisotopic (exact) mass is 207 g/mol. The first-order valence-electron chi connectivity index (χ1n) is 6.00. The van der Waals surface area contributed by atoms with Crippen LogP contribution in [0.3, 0.4) is 0 Å². The van der Waals surface area contributed by atoms with Crippen molar-refractivity contribution < 1.29 is 0 Å². The van der Waals surface area contributed by atoms with Gasteiger partial charge in [0.05, 0.1) is 0 Å². The van der Waals surface area contributed by atoms with Crippen LogP contribution in [-0.4, -0.2) is 14.8 Å². The summed E-state index contributed by atoms with van der Waals surface area (Å²) in [5.41, 5.74) is 0.455. The predicted molar refractivity (Wildman–Crippen MR) is 60.5 cm³/mol. The third-order valence-corrected chi connectivity index (χ3v) is 3.83. The van der Waals surface area contributed by atoms with Crippen molar-refractivity contribution in [2.45, 2.75) is 53.0 Å². The molecule has 15 heavy (non-hydrogen) atoms. The van der Waals surface area contributed by atoms with Gasteiger partial charge in [-0.3, -0.25) is 0 Å². The Morgan fingerprint density at radius 1 is 1.53 bits per heavy atom. The zero-order valence-corrected chi connectivity index (χ0v) is 10.0. The molecular formula is C12H21N3. The van der Waals surface area contributed by atoms with E-state index >= 15 is 0 Å². The number of aryl methyl sites for hydroxylation is 1. The molecular weight excluding hydrogens is 186 g/mol. The molecule has 3 heteroatoms. The molecule has 1 aromatic heterocycles. The molecule has 1 aliphatic heterocycles.